The van der Waals surface area contributed by atoms with Crippen molar-refractivity contribution in [1.82, 2.24) is 10.2 Å². The summed E-state index contributed by atoms with van der Waals surface area (Å²) in [6.45, 7) is 3.45. The third-order valence-corrected chi connectivity index (χ3v) is 7.90. The first-order valence-electron chi connectivity index (χ1n) is 12.8. The Morgan fingerprint density at radius 2 is 1.64 bits per heavy atom. The van der Waals surface area contributed by atoms with Crippen LogP contribution in [0.25, 0.3) is 5.57 Å². The number of carbonyl (C=O) groups excluding carboxylic acids is 1. The Morgan fingerprint density at radius 3 is 2.31 bits per heavy atom. The van der Waals surface area contributed by atoms with Crippen molar-refractivity contribution >= 4 is 23.1 Å². The highest BCUT2D eigenvalue weighted by molar-refractivity contribution is 6.31. The average Bonchev–Trinajstić information content (AvgIpc) is 3.12. The lowest BCUT2D eigenvalue weighted by Crippen LogP contribution is -2.40. The largest absolute Gasteiger partial charge is 0.497 e. The molecule has 2 unspecified atom stereocenters. The molecule has 3 aromatic rings. The van der Waals surface area contributed by atoms with E-state index >= 15 is 0 Å². The minimum Gasteiger partial charge on any atom is -0.497 e. The van der Waals surface area contributed by atoms with Gasteiger partial charge in [-0.25, -0.2) is 0 Å². The van der Waals surface area contributed by atoms with E-state index in [0.29, 0.717) is 24.2 Å². The highest BCUT2D eigenvalue weighted by Gasteiger charge is 2.39. The fourth-order valence-electron chi connectivity index (χ4n) is 5.80. The molecule has 2 aliphatic rings. The number of fused-ring (bicyclic) bond motifs is 2. The fraction of sp³-hybridized carbons (Fsp3) is 0.323. The van der Waals surface area contributed by atoms with Crippen LogP contribution in [0.3, 0.4) is 0 Å². The second-order valence-corrected chi connectivity index (χ2v) is 10.1. The summed E-state index contributed by atoms with van der Waals surface area (Å²) in [7, 11) is 1.71. The first kappa shape index (κ1) is 24.6. The molecule has 2 aliphatic heterocycles. The van der Waals surface area contributed by atoms with Gasteiger partial charge in [-0.2, -0.15) is 0 Å². The fourth-order valence-corrected chi connectivity index (χ4v) is 5.99. The van der Waals surface area contributed by atoms with Crippen LogP contribution >= 0.6 is 11.6 Å². The lowest BCUT2D eigenvalue weighted by molar-refractivity contribution is 0.0956. The number of hydrogen-bond donors (Lipinski definition) is 1. The van der Waals surface area contributed by atoms with Gasteiger partial charge in [-0.1, -0.05) is 59.6 Å². The van der Waals surface area contributed by atoms with Gasteiger partial charge in [-0.3, -0.25) is 9.69 Å². The van der Waals surface area contributed by atoms with Gasteiger partial charge in [0.05, 0.1) is 7.11 Å². The second kappa shape index (κ2) is 10.9. The number of hydrogen-bond acceptors (Lipinski definition) is 3. The van der Waals surface area contributed by atoms with Crippen LogP contribution in [0.15, 0.2) is 78.4 Å². The molecule has 2 bridgehead atoms. The van der Waals surface area contributed by atoms with Crippen molar-refractivity contribution in [3.63, 3.8) is 0 Å². The normalized spacial score (nSPS) is 19.2. The third-order valence-electron chi connectivity index (χ3n) is 7.53. The van der Waals surface area contributed by atoms with E-state index in [1.165, 1.54) is 29.6 Å². The van der Waals surface area contributed by atoms with Crippen LogP contribution in [-0.4, -0.2) is 36.5 Å². The number of amides is 1. The molecule has 0 saturated carbocycles. The van der Waals surface area contributed by atoms with Gasteiger partial charge >= 0.3 is 0 Å². The standard InChI is InChI=1S/C31H33ClN2O2/c1-3-33-31(35)22-13-11-21(12-14-22)30(23-8-6-9-28(19-23)36-2)25-17-26-15-16-27(18-25)34(26)20-24-7-4-5-10-29(24)32/h4-14,19,26-27H,3,15-18,20H2,1-2H3,(H,33,35). The zero-order valence-corrected chi connectivity index (χ0v) is 21.7. The van der Waals surface area contributed by atoms with Crippen molar-refractivity contribution in [2.24, 2.45) is 0 Å². The predicted octanol–water partition coefficient (Wildman–Crippen LogP) is 6.73. The number of nitrogens with zero attached hydrogens (tertiary/aromatic N) is 1. The van der Waals surface area contributed by atoms with Crippen molar-refractivity contribution in [2.75, 3.05) is 13.7 Å². The Bertz CT molecular complexity index is 1250. The molecule has 2 heterocycles. The molecule has 1 N–H and O–H groups in total. The average molecular weight is 501 g/mol. The maximum atomic E-state index is 12.3. The van der Waals surface area contributed by atoms with Crippen molar-refractivity contribution in [2.45, 2.75) is 51.2 Å². The highest BCUT2D eigenvalue weighted by Crippen LogP contribution is 2.44. The van der Waals surface area contributed by atoms with Gasteiger partial charge in [-0.15, -0.1) is 0 Å². The Morgan fingerprint density at radius 1 is 0.944 bits per heavy atom. The Labute approximate surface area is 218 Å². The summed E-state index contributed by atoms with van der Waals surface area (Å²) in [5.74, 6) is 0.814. The molecule has 0 aliphatic carbocycles. The number of carbonyl (C=O) groups is 1. The zero-order valence-electron chi connectivity index (χ0n) is 21.0. The molecule has 5 heteroatoms. The molecule has 0 radical (unpaired) electrons. The number of nitrogens with one attached hydrogen (secondary N) is 1. The monoisotopic (exact) mass is 500 g/mol. The van der Waals surface area contributed by atoms with Gasteiger partial charge in [0.1, 0.15) is 5.75 Å². The molecule has 3 aromatic carbocycles. The van der Waals surface area contributed by atoms with Crippen LogP contribution in [0.1, 0.15) is 59.7 Å². The van der Waals surface area contributed by atoms with Crippen molar-refractivity contribution < 1.29 is 9.53 Å². The number of piperidine rings is 1. The van der Waals surface area contributed by atoms with E-state index in [1.807, 2.05) is 37.3 Å². The van der Waals surface area contributed by atoms with Crippen LogP contribution < -0.4 is 10.1 Å². The van der Waals surface area contributed by atoms with Gasteiger partial charge in [0.15, 0.2) is 0 Å². The van der Waals surface area contributed by atoms with Gasteiger partial charge in [0, 0.05) is 35.8 Å². The first-order valence-corrected chi connectivity index (χ1v) is 13.2. The molecule has 4 nitrogen and oxygen atoms in total. The van der Waals surface area contributed by atoms with Gasteiger partial charge in [0.2, 0.25) is 0 Å². The first-order chi connectivity index (χ1) is 17.6. The van der Waals surface area contributed by atoms with Gasteiger partial charge < -0.3 is 10.1 Å². The smallest absolute Gasteiger partial charge is 0.251 e. The molecular weight excluding hydrogens is 468 g/mol. The summed E-state index contributed by atoms with van der Waals surface area (Å²) in [4.78, 5) is 15.0. The van der Waals surface area contributed by atoms with Gasteiger partial charge in [0.25, 0.3) is 5.91 Å². The molecule has 2 fully saturated rings. The summed E-state index contributed by atoms with van der Waals surface area (Å²) in [6.07, 6.45) is 4.48. The summed E-state index contributed by atoms with van der Waals surface area (Å²) in [5.41, 5.74) is 6.95. The van der Waals surface area contributed by atoms with E-state index in [-0.39, 0.29) is 5.91 Å². The zero-order chi connectivity index (χ0) is 25.1. The number of benzene rings is 3. The van der Waals surface area contributed by atoms with E-state index in [4.69, 9.17) is 16.3 Å². The molecule has 5 rings (SSSR count). The summed E-state index contributed by atoms with van der Waals surface area (Å²) in [5, 5.41) is 3.74. The predicted molar refractivity (Wildman–Crippen MR) is 147 cm³/mol. The molecule has 0 aromatic heterocycles. The van der Waals surface area contributed by atoms with E-state index in [0.717, 1.165) is 41.3 Å². The molecule has 0 spiro atoms. The number of methoxy groups -OCH3 is 1. The van der Waals surface area contributed by atoms with E-state index in [1.54, 1.807) is 7.11 Å². The van der Waals surface area contributed by atoms with Crippen molar-refractivity contribution in [3.8, 4) is 5.75 Å². The lowest BCUT2D eigenvalue weighted by atomic mass is 9.85. The quantitative estimate of drug-likeness (QED) is 0.391. The maximum Gasteiger partial charge on any atom is 0.251 e. The molecular formula is C31H33ClN2O2. The summed E-state index contributed by atoms with van der Waals surface area (Å²) >= 11 is 6.51. The Hall–Kier alpha value is -3.08. The van der Waals surface area contributed by atoms with Gasteiger partial charge in [-0.05, 0) is 85.2 Å². The maximum absolute atomic E-state index is 12.3. The van der Waals surface area contributed by atoms with Crippen LogP contribution in [0.2, 0.25) is 5.02 Å². The van der Waals surface area contributed by atoms with Crippen molar-refractivity contribution in [1.29, 1.82) is 0 Å². The topological polar surface area (TPSA) is 41.6 Å². The van der Waals surface area contributed by atoms with Crippen LogP contribution in [0.4, 0.5) is 0 Å². The minimum atomic E-state index is -0.0365. The number of rotatable bonds is 7. The Balaban J connectivity index is 1.50. The molecule has 2 atom stereocenters. The minimum absolute atomic E-state index is 0.0365. The van der Waals surface area contributed by atoms with Crippen LogP contribution in [-0.2, 0) is 6.54 Å². The lowest BCUT2D eigenvalue weighted by Gasteiger charge is -2.37. The SMILES string of the molecule is CCNC(=O)c1ccc(C(=C2CC3CCC(C2)N3Cc2ccccc2Cl)c2cccc(OC)c2)cc1. The van der Waals surface area contributed by atoms with E-state index in [9.17, 15) is 4.79 Å². The molecule has 1 amide bonds. The highest BCUT2D eigenvalue weighted by atomic mass is 35.5. The van der Waals surface area contributed by atoms with Crippen molar-refractivity contribution in [3.05, 3.63) is 106 Å². The molecule has 36 heavy (non-hydrogen) atoms. The second-order valence-electron chi connectivity index (χ2n) is 9.70. The summed E-state index contributed by atoms with van der Waals surface area (Å²) < 4.78 is 5.56. The molecule has 186 valence electrons. The molecule has 2 saturated heterocycles. The van der Waals surface area contributed by atoms with E-state index in [2.05, 4.69) is 52.7 Å². The van der Waals surface area contributed by atoms with Crippen LogP contribution in [0.5, 0.6) is 5.75 Å². The Kier molecular flexibility index (Phi) is 7.45. The summed E-state index contributed by atoms with van der Waals surface area (Å²) in [6, 6.07) is 25.6. The number of ether oxygens (including phenoxy) is 1. The van der Waals surface area contributed by atoms with E-state index < -0.39 is 0 Å². The third kappa shape index (κ3) is 5.07. The number of halogens is 1. The van der Waals surface area contributed by atoms with Crippen LogP contribution in [0, 0.1) is 0 Å².